The maximum Gasteiger partial charge on any atom is 0.238 e. The number of thioether (sulfide) groups is 1. The molecule has 0 aliphatic heterocycles. The van der Waals surface area contributed by atoms with Crippen molar-refractivity contribution in [2.24, 2.45) is 5.14 Å². The zero-order chi connectivity index (χ0) is 20.9. The fourth-order valence-corrected chi connectivity index (χ4v) is 3.72. The van der Waals surface area contributed by atoms with Crippen LogP contribution in [0.15, 0.2) is 71.5 Å². The van der Waals surface area contributed by atoms with Crippen LogP contribution in [-0.4, -0.2) is 39.8 Å². The van der Waals surface area contributed by atoms with E-state index in [0.29, 0.717) is 23.2 Å². The average Bonchev–Trinajstić information content (AvgIpc) is 3.10. The van der Waals surface area contributed by atoms with Gasteiger partial charge in [-0.15, -0.1) is 16.8 Å². The molecule has 0 aliphatic carbocycles. The third-order valence-corrected chi connectivity index (χ3v) is 5.64. The maximum atomic E-state index is 12.3. The van der Waals surface area contributed by atoms with Gasteiger partial charge in [-0.2, -0.15) is 0 Å². The molecule has 0 radical (unpaired) electrons. The second kappa shape index (κ2) is 8.99. The number of allylic oxidation sites excluding steroid dienone is 1. The standard InChI is InChI=1S/C18H18N6O3S2/c1-2-10-24-17(13-4-3-9-20-11-13)22-23-18(24)28-12-16(25)21-14-5-7-15(8-6-14)29(19,26)27/h2-9,11H,1,10,12H2,(H,21,25)(H2,19,26,27). The van der Waals surface area contributed by atoms with Gasteiger partial charge in [0.2, 0.25) is 15.9 Å². The fraction of sp³-hybridized carbons (Fsp3) is 0.111. The Morgan fingerprint density at radius 3 is 2.62 bits per heavy atom. The molecule has 11 heteroatoms. The number of pyridine rings is 1. The number of hydrogen-bond donors (Lipinski definition) is 2. The van der Waals surface area contributed by atoms with Gasteiger partial charge in [-0.05, 0) is 36.4 Å². The van der Waals surface area contributed by atoms with Crippen LogP contribution < -0.4 is 10.5 Å². The molecule has 0 unspecified atom stereocenters. The van der Waals surface area contributed by atoms with Crippen LogP contribution in [0.25, 0.3) is 11.4 Å². The largest absolute Gasteiger partial charge is 0.325 e. The van der Waals surface area contributed by atoms with Crippen molar-refractivity contribution in [3.8, 4) is 11.4 Å². The lowest BCUT2D eigenvalue weighted by atomic mass is 10.3. The number of carbonyl (C=O) groups excluding carboxylic acids is 1. The van der Waals surface area contributed by atoms with Gasteiger partial charge in [0.05, 0.1) is 10.6 Å². The molecule has 0 saturated carbocycles. The average molecular weight is 431 g/mol. The molecule has 150 valence electrons. The van der Waals surface area contributed by atoms with Crippen LogP contribution in [0.1, 0.15) is 0 Å². The SMILES string of the molecule is C=CCn1c(SCC(=O)Nc2ccc(S(N)(=O)=O)cc2)nnc1-c1cccnc1. The van der Waals surface area contributed by atoms with Gasteiger partial charge in [-0.3, -0.25) is 14.3 Å². The highest BCUT2D eigenvalue weighted by Gasteiger charge is 2.15. The molecule has 2 aromatic heterocycles. The van der Waals surface area contributed by atoms with Crippen LogP contribution in [0.5, 0.6) is 0 Å². The number of rotatable bonds is 8. The molecular formula is C18H18N6O3S2. The van der Waals surface area contributed by atoms with E-state index in [-0.39, 0.29) is 16.6 Å². The highest BCUT2D eigenvalue weighted by molar-refractivity contribution is 7.99. The zero-order valence-corrected chi connectivity index (χ0v) is 16.9. The van der Waals surface area contributed by atoms with Crippen LogP contribution in [0.2, 0.25) is 0 Å². The molecule has 1 amide bonds. The molecule has 0 spiro atoms. The number of nitrogens with two attached hydrogens (primary N) is 1. The van der Waals surface area contributed by atoms with Gasteiger partial charge >= 0.3 is 0 Å². The smallest absolute Gasteiger partial charge is 0.238 e. The van der Waals surface area contributed by atoms with E-state index in [2.05, 4.69) is 27.1 Å². The van der Waals surface area contributed by atoms with E-state index >= 15 is 0 Å². The first kappa shape index (κ1) is 20.7. The normalized spacial score (nSPS) is 11.2. The number of nitrogens with one attached hydrogen (secondary N) is 1. The Kier molecular flexibility index (Phi) is 6.42. The molecule has 1 aromatic carbocycles. The van der Waals surface area contributed by atoms with E-state index in [1.54, 1.807) is 18.5 Å². The Hall–Kier alpha value is -3.02. The molecule has 9 nitrogen and oxygen atoms in total. The first-order chi connectivity index (χ1) is 13.9. The van der Waals surface area contributed by atoms with E-state index in [0.717, 1.165) is 5.56 Å². The summed E-state index contributed by atoms with van der Waals surface area (Å²) in [6.07, 6.45) is 5.09. The van der Waals surface area contributed by atoms with Gasteiger partial charge in [0.1, 0.15) is 0 Å². The predicted octanol–water partition coefficient (Wildman–Crippen LogP) is 1.90. The summed E-state index contributed by atoms with van der Waals surface area (Å²) in [5.41, 5.74) is 1.28. The molecule has 3 N–H and O–H groups in total. The first-order valence-corrected chi connectivity index (χ1v) is 10.9. The summed E-state index contributed by atoms with van der Waals surface area (Å²) in [6.45, 7) is 4.24. The molecule has 3 rings (SSSR count). The fourth-order valence-electron chi connectivity index (χ4n) is 2.45. The minimum Gasteiger partial charge on any atom is -0.325 e. The molecule has 0 atom stereocenters. The zero-order valence-electron chi connectivity index (χ0n) is 15.2. The third kappa shape index (κ3) is 5.28. The number of primary sulfonamides is 1. The molecule has 3 aromatic rings. The van der Waals surface area contributed by atoms with E-state index in [1.807, 2.05) is 16.7 Å². The summed E-state index contributed by atoms with van der Waals surface area (Å²) in [5.74, 6) is 0.466. The number of hydrogen-bond acceptors (Lipinski definition) is 7. The minimum absolute atomic E-state index is 0.0228. The van der Waals surface area contributed by atoms with Crippen molar-refractivity contribution in [1.82, 2.24) is 19.7 Å². The topological polar surface area (TPSA) is 133 Å². The van der Waals surface area contributed by atoms with E-state index in [4.69, 9.17) is 5.14 Å². The molecular weight excluding hydrogens is 412 g/mol. The van der Waals surface area contributed by atoms with E-state index in [1.165, 1.54) is 36.0 Å². The van der Waals surface area contributed by atoms with Crippen molar-refractivity contribution in [2.75, 3.05) is 11.1 Å². The number of amides is 1. The van der Waals surface area contributed by atoms with Gasteiger partial charge in [0, 0.05) is 30.2 Å². The quantitative estimate of drug-likeness (QED) is 0.412. The summed E-state index contributed by atoms with van der Waals surface area (Å²) in [5, 5.41) is 16.7. The number of benzene rings is 1. The molecule has 29 heavy (non-hydrogen) atoms. The number of nitrogens with zero attached hydrogens (tertiary/aromatic N) is 4. The number of sulfonamides is 1. The summed E-state index contributed by atoms with van der Waals surface area (Å²) < 4.78 is 24.4. The van der Waals surface area contributed by atoms with Crippen LogP contribution in [0, 0.1) is 0 Å². The lowest BCUT2D eigenvalue weighted by Gasteiger charge is -2.08. The second-order valence-corrected chi connectivity index (χ2v) is 8.36. The van der Waals surface area contributed by atoms with Gasteiger partial charge in [-0.25, -0.2) is 13.6 Å². The van der Waals surface area contributed by atoms with Crippen molar-refractivity contribution in [3.63, 3.8) is 0 Å². The Morgan fingerprint density at radius 1 is 1.24 bits per heavy atom. The van der Waals surface area contributed by atoms with Crippen LogP contribution in [0.3, 0.4) is 0 Å². The van der Waals surface area contributed by atoms with Crippen LogP contribution >= 0.6 is 11.8 Å². The summed E-state index contributed by atoms with van der Waals surface area (Å²) in [7, 11) is -3.77. The summed E-state index contributed by atoms with van der Waals surface area (Å²) in [4.78, 5) is 16.3. The molecule has 2 heterocycles. The highest BCUT2D eigenvalue weighted by atomic mass is 32.2. The first-order valence-electron chi connectivity index (χ1n) is 8.38. The predicted molar refractivity (Wildman–Crippen MR) is 111 cm³/mol. The van der Waals surface area contributed by atoms with Crippen LogP contribution in [-0.2, 0) is 21.4 Å². The van der Waals surface area contributed by atoms with Crippen molar-refractivity contribution in [3.05, 3.63) is 61.4 Å². The second-order valence-electron chi connectivity index (χ2n) is 5.85. The molecule has 0 aliphatic rings. The third-order valence-electron chi connectivity index (χ3n) is 3.75. The lowest BCUT2D eigenvalue weighted by molar-refractivity contribution is -0.113. The molecule has 0 bridgehead atoms. The Labute approximate surface area is 172 Å². The van der Waals surface area contributed by atoms with E-state index < -0.39 is 10.0 Å². The molecule has 0 saturated heterocycles. The Morgan fingerprint density at radius 2 is 2.00 bits per heavy atom. The lowest BCUT2D eigenvalue weighted by Crippen LogP contribution is -2.15. The van der Waals surface area contributed by atoms with Crippen molar-refractivity contribution in [1.29, 1.82) is 0 Å². The maximum absolute atomic E-state index is 12.3. The van der Waals surface area contributed by atoms with Gasteiger partial charge in [0.15, 0.2) is 11.0 Å². The van der Waals surface area contributed by atoms with Crippen molar-refractivity contribution < 1.29 is 13.2 Å². The van der Waals surface area contributed by atoms with Crippen LogP contribution in [0.4, 0.5) is 5.69 Å². The number of aromatic nitrogens is 4. The Bertz CT molecular complexity index is 1110. The minimum atomic E-state index is -3.77. The number of anilines is 1. The summed E-state index contributed by atoms with van der Waals surface area (Å²) >= 11 is 1.23. The van der Waals surface area contributed by atoms with Crippen molar-refractivity contribution >= 4 is 33.4 Å². The monoisotopic (exact) mass is 430 g/mol. The van der Waals surface area contributed by atoms with E-state index in [9.17, 15) is 13.2 Å². The van der Waals surface area contributed by atoms with Gasteiger partial charge < -0.3 is 5.32 Å². The van der Waals surface area contributed by atoms with Gasteiger partial charge in [-0.1, -0.05) is 17.8 Å². The highest BCUT2D eigenvalue weighted by Crippen LogP contribution is 2.23. The Balaban J connectivity index is 1.67. The van der Waals surface area contributed by atoms with Crippen molar-refractivity contribution in [2.45, 2.75) is 16.6 Å². The summed E-state index contributed by atoms with van der Waals surface area (Å²) in [6, 6.07) is 9.30. The number of carbonyl (C=O) groups is 1. The van der Waals surface area contributed by atoms with Gasteiger partial charge in [0.25, 0.3) is 0 Å². The molecule has 0 fully saturated rings.